The van der Waals surface area contributed by atoms with E-state index in [1.54, 1.807) is 7.11 Å². The largest absolute Gasteiger partial charge is 0.372 e. The maximum Gasteiger partial charge on any atom is 0.143 e. The summed E-state index contributed by atoms with van der Waals surface area (Å²) in [7, 11) is 1.63. The standard InChI is InChI=1S/C14H17ClO2/c1-14(2)10-5-6-12(17-3)11(15)8-9(10)4-7-13(14)16/h5-6,8,12H,4,7H2,1-3H3. The van der Waals surface area contributed by atoms with Crippen LogP contribution in [0.3, 0.4) is 0 Å². The fourth-order valence-electron chi connectivity index (χ4n) is 2.43. The van der Waals surface area contributed by atoms with Crippen molar-refractivity contribution < 1.29 is 9.53 Å². The van der Waals surface area contributed by atoms with Crippen LogP contribution in [0.25, 0.3) is 0 Å². The van der Waals surface area contributed by atoms with Crippen molar-refractivity contribution in [1.29, 1.82) is 0 Å². The molecule has 0 saturated heterocycles. The molecule has 0 aromatic heterocycles. The Bertz CT molecular complexity index is 441. The number of methoxy groups -OCH3 is 1. The highest BCUT2D eigenvalue weighted by Gasteiger charge is 2.36. The van der Waals surface area contributed by atoms with Gasteiger partial charge in [0.25, 0.3) is 0 Å². The third-order valence-electron chi connectivity index (χ3n) is 3.61. The van der Waals surface area contributed by atoms with Gasteiger partial charge in [-0.05, 0) is 37.5 Å². The summed E-state index contributed by atoms with van der Waals surface area (Å²) in [6.45, 7) is 3.95. The number of hydrogen-bond donors (Lipinski definition) is 0. The summed E-state index contributed by atoms with van der Waals surface area (Å²) in [4.78, 5) is 12.0. The summed E-state index contributed by atoms with van der Waals surface area (Å²) < 4.78 is 5.29. The molecule has 0 N–H and O–H groups in total. The van der Waals surface area contributed by atoms with Gasteiger partial charge in [-0.25, -0.2) is 0 Å². The highest BCUT2D eigenvalue weighted by Crippen LogP contribution is 2.41. The third-order valence-corrected chi connectivity index (χ3v) is 3.94. The van der Waals surface area contributed by atoms with E-state index in [0.29, 0.717) is 17.2 Å². The van der Waals surface area contributed by atoms with Crippen molar-refractivity contribution >= 4 is 17.4 Å². The molecule has 0 aromatic carbocycles. The van der Waals surface area contributed by atoms with Gasteiger partial charge in [-0.1, -0.05) is 23.8 Å². The summed E-state index contributed by atoms with van der Waals surface area (Å²) in [5.41, 5.74) is 1.82. The molecule has 1 unspecified atom stereocenters. The van der Waals surface area contributed by atoms with Gasteiger partial charge in [0.2, 0.25) is 0 Å². The zero-order valence-corrected chi connectivity index (χ0v) is 11.2. The molecule has 0 aliphatic heterocycles. The van der Waals surface area contributed by atoms with Crippen molar-refractivity contribution in [2.24, 2.45) is 5.41 Å². The van der Waals surface area contributed by atoms with Crippen molar-refractivity contribution in [1.82, 2.24) is 0 Å². The van der Waals surface area contributed by atoms with E-state index in [4.69, 9.17) is 16.3 Å². The lowest BCUT2D eigenvalue weighted by molar-refractivity contribution is -0.125. The Labute approximate surface area is 107 Å². The molecule has 0 bridgehead atoms. The van der Waals surface area contributed by atoms with Crippen LogP contribution in [0, 0.1) is 5.41 Å². The molecule has 0 spiro atoms. The monoisotopic (exact) mass is 252 g/mol. The molecule has 92 valence electrons. The zero-order valence-electron chi connectivity index (χ0n) is 10.4. The SMILES string of the molecule is COC1C=CC2=C(C=C1Cl)CCC(=O)C2(C)C. The van der Waals surface area contributed by atoms with Crippen LogP contribution >= 0.6 is 11.6 Å². The first-order valence-corrected chi connectivity index (χ1v) is 6.19. The van der Waals surface area contributed by atoms with E-state index in [9.17, 15) is 4.79 Å². The summed E-state index contributed by atoms with van der Waals surface area (Å²) >= 11 is 6.20. The van der Waals surface area contributed by atoms with Gasteiger partial charge in [-0.15, -0.1) is 0 Å². The fourth-order valence-corrected chi connectivity index (χ4v) is 2.72. The first-order chi connectivity index (χ1) is 7.96. The number of rotatable bonds is 1. The van der Waals surface area contributed by atoms with E-state index in [2.05, 4.69) is 0 Å². The topological polar surface area (TPSA) is 26.3 Å². The maximum atomic E-state index is 12.0. The van der Waals surface area contributed by atoms with Crippen LogP contribution in [0.4, 0.5) is 0 Å². The summed E-state index contributed by atoms with van der Waals surface area (Å²) in [6.07, 6.45) is 7.04. The first-order valence-electron chi connectivity index (χ1n) is 5.82. The van der Waals surface area contributed by atoms with E-state index in [0.717, 1.165) is 17.6 Å². The Morgan fingerprint density at radius 1 is 1.41 bits per heavy atom. The van der Waals surface area contributed by atoms with Crippen LogP contribution in [0.5, 0.6) is 0 Å². The van der Waals surface area contributed by atoms with Crippen molar-refractivity contribution in [3.05, 3.63) is 34.4 Å². The van der Waals surface area contributed by atoms with Gasteiger partial charge in [0.15, 0.2) is 0 Å². The molecule has 17 heavy (non-hydrogen) atoms. The van der Waals surface area contributed by atoms with Gasteiger partial charge in [0, 0.05) is 18.9 Å². The molecule has 2 aliphatic rings. The molecule has 0 amide bonds. The molecule has 0 fully saturated rings. The second-order valence-corrected chi connectivity index (χ2v) is 5.47. The van der Waals surface area contributed by atoms with Gasteiger partial charge in [0.05, 0.1) is 5.03 Å². The third kappa shape index (κ3) is 2.12. The Morgan fingerprint density at radius 2 is 2.12 bits per heavy atom. The normalized spacial score (nSPS) is 27.6. The van der Waals surface area contributed by atoms with Crippen molar-refractivity contribution in [3.8, 4) is 0 Å². The molecule has 3 heteroatoms. The van der Waals surface area contributed by atoms with E-state index in [-0.39, 0.29) is 6.10 Å². The van der Waals surface area contributed by atoms with Crippen molar-refractivity contribution in [2.75, 3.05) is 7.11 Å². The number of carbonyl (C=O) groups is 1. The molecule has 0 radical (unpaired) electrons. The Morgan fingerprint density at radius 3 is 2.76 bits per heavy atom. The quantitative estimate of drug-likeness (QED) is 0.715. The van der Waals surface area contributed by atoms with Gasteiger partial charge >= 0.3 is 0 Å². The van der Waals surface area contributed by atoms with E-state index < -0.39 is 5.41 Å². The Hall–Kier alpha value is -0.860. The zero-order chi connectivity index (χ0) is 12.6. The molecule has 2 aliphatic carbocycles. The van der Waals surface area contributed by atoms with Gasteiger partial charge in [-0.2, -0.15) is 0 Å². The lowest BCUT2D eigenvalue weighted by atomic mass is 9.71. The molecule has 0 aromatic rings. The smallest absolute Gasteiger partial charge is 0.143 e. The highest BCUT2D eigenvalue weighted by molar-refractivity contribution is 6.30. The molecule has 0 saturated carbocycles. The molecular formula is C14H17ClO2. The van der Waals surface area contributed by atoms with E-state index >= 15 is 0 Å². The summed E-state index contributed by atoms with van der Waals surface area (Å²) in [5, 5.41) is 0.680. The lowest BCUT2D eigenvalue weighted by Gasteiger charge is -2.31. The predicted octanol–water partition coefficient (Wildman–Crippen LogP) is 3.38. The van der Waals surface area contributed by atoms with Gasteiger partial charge in [0.1, 0.15) is 11.9 Å². The van der Waals surface area contributed by atoms with Crippen LogP contribution in [0.1, 0.15) is 26.7 Å². The van der Waals surface area contributed by atoms with E-state index in [1.807, 2.05) is 32.1 Å². The predicted molar refractivity (Wildman–Crippen MR) is 68.9 cm³/mol. The Balaban J connectivity index is 2.50. The number of allylic oxidation sites excluding steroid dienone is 4. The van der Waals surface area contributed by atoms with Crippen LogP contribution < -0.4 is 0 Å². The minimum Gasteiger partial charge on any atom is -0.372 e. The van der Waals surface area contributed by atoms with Gasteiger partial charge in [-0.3, -0.25) is 4.79 Å². The number of carbonyl (C=O) groups excluding carboxylic acids is 1. The van der Waals surface area contributed by atoms with E-state index in [1.165, 1.54) is 0 Å². The number of halogens is 1. The average Bonchev–Trinajstić information content (AvgIpc) is 2.43. The minimum atomic E-state index is -0.416. The fraction of sp³-hybridized carbons (Fsp3) is 0.500. The number of hydrogen-bond acceptors (Lipinski definition) is 2. The van der Waals surface area contributed by atoms with Crippen LogP contribution in [0.2, 0.25) is 0 Å². The Kier molecular flexibility index (Phi) is 3.28. The number of ether oxygens (including phenoxy) is 1. The second kappa shape index (κ2) is 4.43. The second-order valence-electron chi connectivity index (χ2n) is 5.03. The lowest BCUT2D eigenvalue weighted by Crippen LogP contribution is -2.30. The number of Topliss-reactive ketones (excluding diaryl/α,β-unsaturated/α-hetero) is 1. The van der Waals surface area contributed by atoms with Crippen LogP contribution in [0.15, 0.2) is 34.4 Å². The molecule has 1 atom stereocenters. The average molecular weight is 253 g/mol. The van der Waals surface area contributed by atoms with Crippen molar-refractivity contribution in [2.45, 2.75) is 32.8 Å². The molecule has 2 rings (SSSR count). The highest BCUT2D eigenvalue weighted by atomic mass is 35.5. The first kappa shape index (κ1) is 12.6. The molecular weight excluding hydrogens is 236 g/mol. The number of ketones is 1. The summed E-state index contributed by atoms with van der Waals surface area (Å²) in [6, 6.07) is 0. The molecule has 2 nitrogen and oxygen atoms in total. The minimum absolute atomic E-state index is 0.201. The van der Waals surface area contributed by atoms with Gasteiger partial charge < -0.3 is 4.74 Å². The maximum absolute atomic E-state index is 12.0. The summed E-state index contributed by atoms with van der Waals surface area (Å²) in [5.74, 6) is 0.293. The van der Waals surface area contributed by atoms with Crippen molar-refractivity contribution in [3.63, 3.8) is 0 Å². The van der Waals surface area contributed by atoms with Crippen LogP contribution in [-0.2, 0) is 9.53 Å². The van der Waals surface area contributed by atoms with Crippen LogP contribution in [-0.4, -0.2) is 19.0 Å². The molecule has 0 heterocycles.